The molecule has 0 unspecified atom stereocenters. The van der Waals surface area contributed by atoms with Crippen LogP contribution in [0.4, 0.5) is 4.39 Å². The van der Waals surface area contributed by atoms with Gasteiger partial charge in [0.2, 0.25) is 17.4 Å². The highest BCUT2D eigenvalue weighted by Gasteiger charge is 2.70. The van der Waals surface area contributed by atoms with Crippen LogP contribution in [0.15, 0.2) is 24.3 Å². The zero-order chi connectivity index (χ0) is 17.6. The van der Waals surface area contributed by atoms with E-state index in [4.69, 9.17) is 4.74 Å². The number of carbonyl (C=O) groups excluding carboxylic acids is 3. The summed E-state index contributed by atoms with van der Waals surface area (Å²) < 4.78 is 18.4. The third kappa shape index (κ3) is 2.23. The van der Waals surface area contributed by atoms with E-state index in [0.717, 1.165) is 4.90 Å². The predicted octanol–water partition coefficient (Wildman–Crippen LogP) is -0.00340. The van der Waals surface area contributed by atoms with E-state index in [1.807, 2.05) is 0 Å². The van der Waals surface area contributed by atoms with Crippen molar-refractivity contribution < 1.29 is 28.8 Å². The monoisotopic (exact) mass is 335 g/mol. The molecule has 7 heteroatoms. The van der Waals surface area contributed by atoms with Gasteiger partial charge < -0.3 is 10.1 Å². The van der Waals surface area contributed by atoms with Crippen molar-refractivity contribution in [2.45, 2.75) is 25.4 Å². The molecule has 2 aliphatic rings. The van der Waals surface area contributed by atoms with Crippen molar-refractivity contribution in [3.63, 3.8) is 0 Å². The average Bonchev–Trinajstić information content (AvgIpc) is 2.99. The van der Waals surface area contributed by atoms with Gasteiger partial charge in [0.15, 0.2) is 0 Å². The number of amides is 2. The second-order valence-electron chi connectivity index (χ2n) is 6.49. The molecular weight excluding hydrogens is 315 g/mol. The van der Waals surface area contributed by atoms with Crippen molar-refractivity contribution in [3.05, 3.63) is 35.6 Å². The summed E-state index contributed by atoms with van der Waals surface area (Å²) in [5, 5.41) is 1.72. The number of esters is 1. The van der Waals surface area contributed by atoms with E-state index in [1.54, 1.807) is 31.3 Å². The Kier molecular flexibility index (Phi) is 3.91. The fourth-order valence-electron chi connectivity index (χ4n) is 3.88. The molecule has 4 atom stereocenters. The zero-order valence-electron chi connectivity index (χ0n) is 13.8. The molecule has 0 aliphatic carbocycles. The van der Waals surface area contributed by atoms with E-state index in [0.29, 0.717) is 5.56 Å². The molecule has 0 spiro atoms. The number of nitrogens with two attached hydrogens (primary N) is 1. The standard InChI is InChI=1S/C17H19FN2O4/c1-4-24-16(23)17(2)12-11(14(21)20(3)15(12)22)13(19-17)9-5-7-10(18)8-6-9/h5-8,11-13,19H,4H2,1-3H3/p+1/t11-,12+,13-,17-/m0/s1. The van der Waals surface area contributed by atoms with Crippen LogP contribution in [0.2, 0.25) is 0 Å². The summed E-state index contributed by atoms with van der Waals surface area (Å²) in [5.74, 6) is -3.04. The second kappa shape index (κ2) is 5.66. The third-order valence-electron chi connectivity index (χ3n) is 5.10. The van der Waals surface area contributed by atoms with Gasteiger partial charge in [0, 0.05) is 19.5 Å². The SMILES string of the molecule is CCOC(=O)[C@@]1(C)[NH2+][C@@H](c2ccc(F)cc2)[C@H]2C(=O)N(C)C(=O)[C@@H]21. The smallest absolute Gasteiger partial charge is 0.368 e. The molecule has 128 valence electrons. The Morgan fingerprint density at radius 2 is 1.92 bits per heavy atom. The van der Waals surface area contributed by atoms with Crippen LogP contribution in [0, 0.1) is 17.7 Å². The van der Waals surface area contributed by atoms with Crippen LogP contribution < -0.4 is 5.32 Å². The highest BCUT2D eigenvalue weighted by Crippen LogP contribution is 2.43. The molecule has 0 saturated carbocycles. The summed E-state index contributed by atoms with van der Waals surface area (Å²) in [6.07, 6.45) is 0. The molecule has 2 N–H and O–H groups in total. The Labute approximate surface area is 139 Å². The molecule has 1 aromatic rings. The number of imide groups is 1. The molecule has 3 rings (SSSR count). The number of hydrogen-bond donors (Lipinski definition) is 1. The highest BCUT2D eigenvalue weighted by atomic mass is 19.1. The lowest BCUT2D eigenvalue weighted by atomic mass is 9.80. The summed E-state index contributed by atoms with van der Waals surface area (Å²) >= 11 is 0. The number of rotatable bonds is 3. The maximum atomic E-state index is 13.2. The topological polar surface area (TPSA) is 80.3 Å². The molecular formula is C17H20FN2O4+. The lowest BCUT2D eigenvalue weighted by molar-refractivity contribution is -0.731. The van der Waals surface area contributed by atoms with Crippen LogP contribution in [0.5, 0.6) is 0 Å². The zero-order valence-corrected chi connectivity index (χ0v) is 13.8. The number of likely N-dealkylation sites (tertiary alicyclic amines) is 1. The van der Waals surface area contributed by atoms with Crippen molar-refractivity contribution in [3.8, 4) is 0 Å². The minimum Gasteiger partial charge on any atom is -0.461 e. The van der Waals surface area contributed by atoms with Crippen molar-refractivity contribution in [1.82, 2.24) is 4.90 Å². The molecule has 2 aliphatic heterocycles. The molecule has 2 saturated heterocycles. The third-order valence-corrected chi connectivity index (χ3v) is 5.10. The maximum Gasteiger partial charge on any atom is 0.368 e. The fraction of sp³-hybridized carbons (Fsp3) is 0.471. The van der Waals surface area contributed by atoms with Gasteiger partial charge in [0.1, 0.15) is 23.7 Å². The quantitative estimate of drug-likeness (QED) is 0.623. The van der Waals surface area contributed by atoms with Gasteiger partial charge in [-0.15, -0.1) is 0 Å². The molecule has 2 fully saturated rings. The molecule has 2 amide bonds. The number of nitrogens with zero attached hydrogens (tertiary/aromatic N) is 1. The number of benzene rings is 1. The summed E-state index contributed by atoms with van der Waals surface area (Å²) in [6.45, 7) is 3.52. The minimum absolute atomic E-state index is 0.193. The van der Waals surface area contributed by atoms with Gasteiger partial charge in [-0.25, -0.2) is 9.18 Å². The van der Waals surface area contributed by atoms with E-state index in [1.165, 1.54) is 19.2 Å². The first-order valence-electron chi connectivity index (χ1n) is 7.91. The van der Waals surface area contributed by atoms with Crippen molar-refractivity contribution in [1.29, 1.82) is 0 Å². The molecule has 2 heterocycles. The van der Waals surface area contributed by atoms with Gasteiger partial charge in [-0.2, -0.15) is 0 Å². The van der Waals surface area contributed by atoms with Crippen LogP contribution in [0.3, 0.4) is 0 Å². The summed E-state index contributed by atoms with van der Waals surface area (Å²) in [6, 6.07) is 5.35. The van der Waals surface area contributed by atoms with Gasteiger partial charge >= 0.3 is 5.97 Å². The lowest BCUT2D eigenvalue weighted by Gasteiger charge is -2.25. The van der Waals surface area contributed by atoms with Gasteiger partial charge in [0.25, 0.3) is 0 Å². The molecule has 0 bridgehead atoms. The van der Waals surface area contributed by atoms with E-state index < -0.39 is 29.4 Å². The number of quaternary nitrogens is 1. The number of hydrogen-bond acceptors (Lipinski definition) is 4. The van der Waals surface area contributed by atoms with Gasteiger partial charge in [-0.05, 0) is 19.1 Å². The molecule has 0 radical (unpaired) electrons. The van der Waals surface area contributed by atoms with Crippen LogP contribution >= 0.6 is 0 Å². The Morgan fingerprint density at radius 1 is 1.29 bits per heavy atom. The van der Waals surface area contributed by atoms with E-state index in [9.17, 15) is 18.8 Å². The van der Waals surface area contributed by atoms with Gasteiger partial charge in [-0.1, -0.05) is 12.1 Å². The number of fused-ring (bicyclic) bond motifs is 1. The Hall–Kier alpha value is -2.28. The second-order valence-corrected chi connectivity index (χ2v) is 6.49. The van der Waals surface area contributed by atoms with E-state index in [-0.39, 0.29) is 24.2 Å². The van der Waals surface area contributed by atoms with Crippen molar-refractivity contribution >= 4 is 17.8 Å². The highest BCUT2D eigenvalue weighted by molar-refractivity contribution is 6.08. The fourth-order valence-corrected chi connectivity index (χ4v) is 3.88. The van der Waals surface area contributed by atoms with Crippen LogP contribution in [0.25, 0.3) is 0 Å². The van der Waals surface area contributed by atoms with Gasteiger partial charge in [-0.3, -0.25) is 14.5 Å². The van der Waals surface area contributed by atoms with Crippen molar-refractivity contribution in [2.75, 3.05) is 13.7 Å². The number of ether oxygens (including phenoxy) is 1. The summed E-state index contributed by atoms with van der Waals surface area (Å²) in [4.78, 5) is 38.7. The van der Waals surface area contributed by atoms with Gasteiger partial charge in [0.05, 0.1) is 6.61 Å². The molecule has 24 heavy (non-hydrogen) atoms. The first kappa shape index (κ1) is 16.6. The van der Waals surface area contributed by atoms with Crippen LogP contribution in [0.1, 0.15) is 25.5 Å². The Bertz CT molecular complexity index is 705. The minimum atomic E-state index is -1.18. The molecule has 6 nitrogen and oxygen atoms in total. The molecule has 0 aromatic heterocycles. The largest absolute Gasteiger partial charge is 0.461 e. The Morgan fingerprint density at radius 3 is 2.50 bits per heavy atom. The first-order chi connectivity index (χ1) is 11.3. The van der Waals surface area contributed by atoms with E-state index in [2.05, 4.69) is 0 Å². The first-order valence-corrected chi connectivity index (χ1v) is 7.91. The van der Waals surface area contributed by atoms with Crippen molar-refractivity contribution in [2.24, 2.45) is 11.8 Å². The maximum absolute atomic E-state index is 13.2. The van der Waals surface area contributed by atoms with Crippen LogP contribution in [-0.2, 0) is 19.1 Å². The normalized spacial score (nSPS) is 32.2. The Balaban J connectivity index is 2.06. The summed E-state index contributed by atoms with van der Waals surface area (Å²) in [7, 11) is 1.43. The average molecular weight is 335 g/mol. The summed E-state index contributed by atoms with van der Waals surface area (Å²) in [5.41, 5.74) is -0.479. The predicted molar refractivity (Wildman–Crippen MR) is 80.9 cm³/mol. The molecule has 1 aromatic carbocycles. The van der Waals surface area contributed by atoms with Crippen LogP contribution in [-0.4, -0.2) is 41.9 Å². The number of carbonyl (C=O) groups is 3. The number of halogens is 1. The van der Waals surface area contributed by atoms with E-state index >= 15 is 0 Å². The lowest BCUT2D eigenvalue weighted by Crippen LogP contribution is -2.97.